The summed E-state index contributed by atoms with van der Waals surface area (Å²) in [4.78, 5) is 6.86. The Hall–Kier alpha value is -1.38. The molecule has 2 aromatic rings. The van der Waals surface area contributed by atoms with Gasteiger partial charge in [-0.05, 0) is 0 Å². The van der Waals surface area contributed by atoms with Crippen LogP contribution in [0.25, 0.3) is 11.2 Å². The lowest BCUT2D eigenvalue weighted by molar-refractivity contribution is -0.112. The van der Waals surface area contributed by atoms with Crippen LogP contribution in [0.3, 0.4) is 0 Å². The van der Waals surface area contributed by atoms with Crippen LogP contribution >= 0.6 is 12.2 Å². The van der Waals surface area contributed by atoms with Gasteiger partial charge in [0.2, 0.25) is 0 Å². The summed E-state index contributed by atoms with van der Waals surface area (Å²) in [6.07, 6.45) is 1.14. The molecule has 0 radical (unpaired) electrons. The third-order valence-electron chi connectivity index (χ3n) is 2.17. The zero-order valence-corrected chi connectivity index (χ0v) is 9.69. The molecule has 0 unspecified atom stereocenters. The van der Waals surface area contributed by atoms with Crippen LogP contribution in [0.5, 0.6) is 0 Å². The molecule has 0 aliphatic carbocycles. The van der Waals surface area contributed by atoms with Crippen LogP contribution in [-0.4, -0.2) is 45.5 Å². The predicted octanol–water partition coefficient (Wildman–Crippen LogP) is 0.503. The highest BCUT2D eigenvalue weighted by Gasteiger charge is 2.11. The summed E-state index contributed by atoms with van der Waals surface area (Å²) in [6.45, 7) is 0.429. The number of nitrogens with zero attached hydrogens (tertiary/aromatic N) is 4. The van der Waals surface area contributed by atoms with Crippen molar-refractivity contribution < 1.29 is 9.47 Å². The van der Waals surface area contributed by atoms with Gasteiger partial charge in [-0.3, -0.25) is 0 Å². The van der Waals surface area contributed by atoms with Gasteiger partial charge in [-0.2, -0.15) is 0 Å². The smallest absolute Gasteiger partial charge is 0.176 e. The molecule has 0 fully saturated rings. The number of aromatic amines is 1. The fraction of sp³-hybridized carbons (Fsp3) is 0.500. The molecule has 0 amide bonds. The van der Waals surface area contributed by atoms with Crippen molar-refractivity contribution >= 4 is 23.4 Å². The van der Waals surface area contributed by atoms with E-state index in [1.807, 2.05) is 0 Å². The number of hydrogen-bond acceptors (Lipinski definition) is 6. The van der Waals surface area contributed by atoms with Crippen molar-refractivity contribution in [2.24, 2.45) is 0 Å². The Morgan fingerprint density at radius 2 is 2.25 bits per heavy atom. The lowest BCUT2D eigenvalue weighted by Gasteiger charge is -2.12. The van der Waals surface area contributed by atoms with Crippen LogP contribution in [0.4, 0.5) is 0 Å². The minimum Gasteiger partial charge on any atom is -0.354 e. The molecule has 0 aliphatic rings. The lowest BCUT2D eigenvalue weighted by Crippen LogP contribution is -2.21. The molecule has 0 aromatic carbocycles. The summed E-state index contributed by atoms with van der Waals surface area (Å²) in [5.41, 5.74) is 1.28. The van der Waals surface area contributed by atoms with Crippen LogP contribution in [0.1, 0.15) is 0 Å². The average molecular weight is 241 g/mol. The van der Waals surface area contributed by atoms with Crippen LogP contribution in [0.15, 0.2) is 6.33 Å². The third-order valence-corrected chi connectivity index (χ3v) is 2.47. The van der Waals surface area contributed by atoms with Gasteiger partial charge in [0.15, 0.2) is 22.1 Å². The molecule has 0 bridgehead atoms. The van der Waals surface area contributed by atoms with E-state index in [9.17, 15) is 0 Å². The molecule has 0 atom stereocenters. The minimum absolute atomic E-state index is 0.375. The average Bonchev–Trinajstić information content (AvgIpc) is 2.71. The summed E-state index contributed by atoms with van der Waals surface area (Å²) in [5, 5.41) is 7.90. The van der Waals surface area contributed by atoms with E-state index in [0.717, 1.165) is 0 Å². The van der Waals surface area contributed by atoms with E-state index in [2.05, 4.69) is 20.3 Å². The van der Waals surface area contributed by atoms with Gasteiger partial charge in [0.05, 0.1) is 12.9 Å². The SMILES string of the molecule is COC(Cn1nnc2c(=S)nc[nH]c21)OC. The summed E-state index contributed by atoms with van der Waals surface area (Å²) >= 11 is 5.03. The second-order valence-electron chi connectivity index (χ2n) is 3.08. The first kappa shape index (κ1) is 11.1. The monoisotopic (exact) mass is 241 g/mol. The molecule has 2 aromatic heterocycles. The van der Waals surface area contributed by atoms with Crippen molar-refractivity contribution in [3.63, 3.8) is 0 Å². The second-order valence-corrected chi connectivity index (χ2v) is 3.46. The minimum atomic E-state index is -0.375. The number of rotatable bonds is 4. The van der Waals surface area contributed by atoms with E-state index in [-0.39, 0.29) is 6.29 Å². The van der Waals surface area contributed by atoms with Crippen LogP contribution in [0.2, 0.25) is 0 Å². The maximum atomic E-state index is 5.09. The number of aromatic nitrogens is 5. The molecule has 0 aliphatic heterocycles. The van der Waals surface area contributed by atoms with Crippen molar-refractivity contribution in [1.82, 2.24) is 25.0 Å². The summed E-state index contributed by atoms with van der Waals surface area (Å²) in [6, 6.07) is 0. The Labute approximate surface area is 96.4 Å². The van der Waals surface area contributed by atoms with Crippen molar-refractivity contribution in [2.75, 3.05) is 14.2 Å². The zero-order chi connectivity index (χ0) is 11.5. The molecular formula is C8H11N5O2S. The second kappa shape index (κ2) is 4.64. The Morgan fingerprint density at radius 3 is 2.94 bits per heavy atom. The van der Waals surface area contributed by atoms with E-state index in [4.69, 9.17) is 21.7 Å². The molecule has 0 saturated heterocycles. The summed E-state index contributed by atoms with van der Waals surface area (Å²) < 4.78 is 12.2. The number of H-pyrrole nitrogens is 1. The highest BCUT2D eigenvalue weighted by atomic mass is 32.1. The molecular weight excluding hydrogens is 230 g/mol. The van der Waals surface area contributed by atoms with Gasteiger partial charge >= 0.3 is 0 Å². The highest BCUT2D eigenvalue weighted by molar-refractivity contribution is 7.71. The van der Waals surface area contributed by atoms with E-state index in [0.29, 0.717) is 22.3 Å². The molecule has 1 N–H and O–H groups in total. The normalized spacial score (nSPS) is 11.4. The standard InChI is InChI=1S/C8H11N5O2S/c1-14-5(15-2)3-13-7-6(11-12-13)8(16)10-4-9-7/h4-5H,3H2,1-2H3,(H,9,10,16). The molecule has 86 valence electrons. The fourth-order valence-electron chi connectivity index (χ4n) is 1.33. The molecule has 8 heteroatoms. The Balaban J connectivity index is 2.39. The molecule has 2 rings (SSSR count). The number of hydrogen-bond donors (Lipinski definition) is 1. The zero-order valence-electron chi connectivity index (χ0n) is 8.88. The Morgan fingerprint density at radius 1 is 1.50 bits per heavy atom. The number of ether oxygens (including phenoxy) is 2. The van der Waals surface area contributed by atoms with Crippen LogP contribution in [-0.2, 0) is 16.0 Å². The van der Waals surface area contributed by atoms with Gasteiger partial charge in [-0.1, -0.05) is 17.4 Å². The first-order valence-electron chi connectivity index (χ1n) is 4.58. The van der Waals surface area contributed by atoms with Gasteiger partial charge in [0, 0.05) is 14.2 Å². The Bertz CT molecular complexity index is 532. The van der Waals surface area contributed by atoms with Gasteiger partial charge in [0.1, 0.15) is 0 Å². The summed E-state index contributed by atoms with van der Waals surface area (Å²) in [7, 11) is 3.13. The fourth-order valence-corrected chi connectivity index (χ4v) is 1.52. The molecule has 2 heterocycles. The first-order chi connectivity index (χ1) is 7.76. The van der Waals surface area contributed by atoms with Crippen molar-refractivity contribution in [3.8, 4) is 0 Å². The predicted molar refractivity (Wildman–Crippen MR) is 58.3 cm³/mol. The van der Waals surface area contributed by atoms with E-state index < -0.39 is 0 Å². The van der Waals surface area contributed by atoms with Gasteiger partial charge in [-0.25, -0.2) is 9.67 Å². The maximum Gasteiger partial charge on any atom is 0.176 e. The van der Waals surface area contributed by atoms with E-state index >= 15 is 0 Å². The molecule has 16 heavy (non-hydrogen) atoms. The van der Waals surface area contributed by atoms with Crippen LogP contribution in [0, 0.1) is 4.64 Å². The number of nitrogens with one attached hydrogen (secondary N) is 1. The first-order valence-corrected chi connectivity index (χ1v) is 4.99. The largest absolute Gasteiger partial charge is 0.354 e. The van der Waals surface area contributed by atoms with Gasteiger partial charge in [0.25, 0.3) is 0 Å². The van der Waals surface area contributed by atoms with Crippen molar-refractivity contribution in [1.29, 1.82) is 0 Å². The maximum absolute atomic E-state index is 5.09. The van der Waals surface area contributed by atoms with E-state index in [1.165, 1.54) is 6.33 Å². The lowest BCUT2D eigenvalue weighted by atomic mass is 10.5. The third kappa shape index (κ3) is 1.94. The molecule has 0 spiro atoms. The molecule has 7 nitrogen and oxygen atoms in total. The number of methoxy groups -OCH3 is 2. The Kier molecular flexibility index (Phi) is 3.22. The number of fused-ring (bicyclic) bond motifs is 1. The topological polar surface area (TPSA) is 77.9 Å². The van der Waals surface area contributed by atoms with E-state index in [1.54, 1.807) is 18.9 Å². The highest BCUT2D eigenvalue weighted by Crippen LogP contribution is 2.08. The van der Waals surface area contributed by atoms with Crippen molar-refractivity contribution in [2.45, 2.75) is 12.8 Å². The quantitative estimate of drug-likeness (QED) is 0.620. The van der Waals surface area contributed by atoms with Gasteiger partial charge < -0.3 is 14.5 Å². The van der Waals surface area contributed by atoms with Gasteiger partial charge in [-0.15, -0.1) is 5.10 Å². The molecule has 0 saturated carbocycles. The van der Waals surface area contributed by atoms with Crippen LogP contribution < -0.4 is 0 Å². The van der Waals surface area contributed by atoms with Crippen molar-refractivity contribution in [3.05, 3.63) is 11.0 Å². The summed E-state index contributed by atoms with van der Waals surface area (Å²) in [5.74, 6) is 0.